The molecule has 0 aromatic heterocycles. The van der Waals surface area contributed by atoms with E-state index >= 15 is 0 Å². The molecule has 5 heteroatoms. The molecule has 3 nitrogen and oxygen atoms in total. The number of anilines is 1. The lowest BCUT2D eigenvalue weighted by Gasteiger charge is -2.05. The number of esters is 1. The second kappa shape index (κ2) is 5.29. The van der Waals surface area contributed by atoms with Gasteiger partial charge in [0, 0.05) is 5.69 Å². The number of ether oxygens (including phenoxy) is 1. The summed E-state index contributed by atoms with van der Waals surface area (Å²) in [6.07, 6.45) is -2.40. The number of methoxy groups -OCH3 is 1. The number of carbonyl (C=O) groups excluding carboxylic acids is 1. The number of rotatable bonds is 4. The highest BCUT2D eigenvalue weighted by Crippen LogP contribution is 2.10. The van der Waals surface area contributed by atoms with Crippen molar-refractivity contribution in [3.8, 4) is 0 Å². The Bertz CT molecular complexity index is 325. The molecule has 0 heterocycles. The van der Waals surface area contributed by atoms with Gasteiger partial charge in [0.05, 0.1) is 19.2 Å². The lowest BCUT2D eigenvalue weighted by atomic mass is 10.2. The fraction of sp³-hybridized carbons (Fsp3) is 0.300. The lowest BCUT2D eigenvalue weighted by Crippen LogP contribution is -2.10. The minimum absolute atomic E-state index is 0.389. The zero-order valence-corrected chi connectivity index (χ0v) is 8.17. The largest absolute Gasteiger partial charge is 0.465 e. The Morgan fingerprint density at radius 2 is 2.00 bits per heavy atom. The normalized spacial score (nSPS) is 10.1. The smallest absolute Gasteiger partial charge is 0.337 e. The van der Waals surface area contributed by atoms with Gasteiger partial charge in [-0.25, -0.2) is 13.6 Å². The van der Waals surface area contributed by atoms with Crippen molar-refractivity contribution >= 4 is 11.7 Å². The van der Waals surface area contributed by atoms with E-state index in [0.717, 1.165) is 0 Å². The summed E-state index contributed by atoms with van der Waals surface area (Å²) in [4.78, 5) is 11.0. The van der Waals surface area contributed by atoms with Crippen LogP contribution in [0.2, 0.25) is 0 Å². The van der Waals surface area contributed by atoms with Crippen LogP contribution in [0, 0.1) is 0 Å². The standard InChI is InChI=1S/C10H11F2NO2/c1-15-10(14)7-2-4-8(5-3-7)13-6-9(11)12/h2-5,9,13H,6H2,1H3. The van der Waals surface area contributed by atoms with Crippen LogP contribution in [0.3, 0.4) is 0 Å². The van der Waals surface area contributed by atoms with E-state index in [2.05, 4.69) is 10.1 Å². The minimum Gasteiger partial charge on any atom is -0.465 e. The van der Waals surface area contributed by atoms with Crippen LogP contribution in [0.15, 0.2) is 24.3 Å². The van der Waals surface area contributed by atoms with Crippen LogP contribution in [-0.4, -0.2) is 26.0 Å². The third-order valence-electron chi connectivity index (χ3n) is 1.77. The molecule has 0 fully saturated rings. The van der Waals surface area contributed by atoms with E-state index in [1.54, 1.807) is 12.1 Å². The molecule has 0 aliphatic carbocycles. The molecular formula is C10H11F2NO2. The van der Waals surface area contributed by atoms with Crippen LogP contribution in [0.1, 0.15) is 10.4 Å². The Kier molecular flexibility index (Phi) is 4.03. The summed E-state index contributed by atoms with van der Waals surface area (Å²) in [6.45, 7) is -0.405. The van der Waals surface area contributed by atoms with Gasteiger partial charge in [-0.1, -0.05) is 0 Å². The highest BCUT2D eigenvalue weighted by Gasteiger charge is 2.05. The fourth-order valence-corrected chi connectivity index (χ4v) is 1.04. The summed E-state index contributed by atoms with van der Waals surface area (Å²) in [7, 11) is 1.28. The maximum atomic E-state index is 11.8. The van der Waals surface area contributed by atoms with Crippen LogP contribution < -0.4 is 5.32 Å². The van der Waals surface area contributed by atoms with Crippen molar-refractivity contribution in [1.29, 1.82) is 0 Å². The minimum atomic E-state index is -2.40. The van der Waals surface area contributed by atoms with Crippen molar-refractivity contribution in [1.82, 2.24) is 0 Å². The predicted octanol–water partition coefficient (Wildman–Crippen LogP) is 2.15. The van der Waals surface area contributed by atoms with E-state index in [1.165, 1.54) is 19.2 Å². The first kappa shape index (κ1) is 11.4. The number of hydrogen-bond donors (Lipinski definition) is 1. The summed E-state index contributed by atoms with van der Waals surface area (Å²) in [5.41, 5.74) is 0.933. The highest BCUT2D eigenvalue weighted by molar-refractivity contribution is 5.89. The van der Waals surface area contributed by atoms with E-state index in [9.17, 15) is 13.6 Å². The quantitative estimate of drug-likeness (QED) is 0.782. The fourth-order valence-electron chi connectivity index (χ4n) is 1.04. The van der Waals surface area contributed by atoms with Crippen LogP contribution in [0.5, 0.6) is 0 Å². The summed E-state index contributed by atoms with van der Waals surface area (Å²) in [6, 6.07) is 6.13. The average molecular weight is 215 g/mol. The summed E-state index contributed by atoms with van der Waals surface area (Å²) < 4.78 is 28.2. The second-order valence-corrected chi connectivity index (χ2v) is 2.84. The van der Waals surface area contributed by atoms with Crippen LogP contribution in [-0.2, 0) is 4.74 Å². The van der Waals surface area contributed by atoms with E-state index in [0.29, 0.717) is 11.3 Å². The molecule has 82 valence electrons. The molecule has 0 amide bonds. The second-order valence-electron chi connectivity index (χ2n) is 2.84. The van der Waals surface area contributed by atoms with Gasteiger partial charge in [0.15, 0.2) is 0 Å². The molecule has 0 spiro atoms. The molecule has 1 aromatic rings. The topological polar surface area (TPSA) is 38.3 Å². The van der Waals surface area contributed by atoms with E-state index in [-0.39, 0.29) is 0 Å². The lowest BCUT2D eigenvalue weighted by molar-refractivity contribution is 0.0600. The van der Waals surface area contributed by atoms with Crippen LogP contribution in [0.25, 0.3) is 0 Å². The van der Waals surface area contributed by atoms with Gasteiger partial charge in [0.1, 0.15) is 0 Å². The van der Waals surface area contributed by atoms with Crippen molar-refractivity contribution in [2.75, 3.05) is 19.0 Å². The molecule has 1 rings (SSSR count). The Labute approximate surface area is 86.0 Å². The molecule has 0 radical (unpaired) electrons. The number of hydrogen-bond acceptors (Lipinski definition) is 3. The van der Waals surface area contributed by atoms with Gasteiger partial charge in [-0.2, -0.15) is 0 Å². The molecule has 0 saturated heterocycles. The van der Waals surface area contributed by atoms with E-state index in [4.69, 9.17) is 0 Å². The van der Waals surface area contributed by atoms with Gasteiger partial charge in [0.2, 0.25) is 0 Å². The maximum absolute atomic E-state index is 11.8. The van der Waals surface area contributed by atoms with Gasteiger partial charge >= 0.3 is 5.97 Å². The number of nitrogens with one attached hydrogen (secondary N) is 1. The van der Waals surface area contributed by atoms with E-state index in [1.807, 2.05) is 0 Å². The average Bonchev–Trinajstić information content (AvgIpc) is 2.26. The molecular weight excluding hydrogens is 204 g/mol. The molecule has 0 aliphatic rings. The summed E-state index contributed by atoms with van der Waals surface area (Å²) >= 11 is 0. The Morgan fingerprint density at radius 1 is 1.40 bits per heavy atom. The number of halogens is 2. The molecule has 15 heavy (non-hydrogen) atoms. The summed E-state index contributed by atoms with van der Waals surface area (Å²) in [5.74, 6) is -0.449. The monoisotopic (exact) mass is 215 g/mol. The third kappa shape index (κ3) is 3.53. The first-order valence-electron chi connectivity index (χ1n) is 4.34. The predicted molar refractivity (Wildman–Crippen MR) is 52.3 cm³/mol. The zero-order valence-electron chi connectivity index (χ0n) is 8.17. The van der Waals surface area contributed by atoms with Gasteiger partial charge in [-0.3, -0.25) is 0 Å². The molecule has 0 aliphatic heterocycles. The van der Waals surface area contributed by atoms with Gasteiger partial charge in [-0.05, 0) is 24.3 Å². The maximum Gasteiger partial charge on any atom is 0.337 e. The van der Waals surface area contributed by atoms with Crippen molar-refractivity contribution in [2.24, 2.45) is 0 Å². The van der Waals surface area contributed by atoms with Crippen molar-refractivity contribution in [3.63, 3.8) is 0 Å². The Balaban J connectivity index is 2.60. The van der Waals surface area contributed by atoms with E-state index < -0.39 is 18.9 Å². The summed E-state index contributed by atoms with van der Waals surface area (Å²) in [5, 5.41) is 2.53. The van der Waals surface area contributed by atoms with Gasteiger partial charge in [0.25, 0.3) is 6.43 Å². The number of benzene rings is 1. The van der Waals surface area contributed by atoms with Crippen molar-refractivity contribution < 1.29 is 18.3 Å². The molecule has 0 bridgehead atoms. The third-order valence-corrected chi connectivity index (χ3v) is 1.77. The highest BCUT2D eigenvalue weighted by atomic mass is 19.3. The number of carbonyl (C=O) groups is 1. The SMILES string of the molecule is COC(=O)c1ccc(NCC(F)F)cc1. The van der Waals surface area contributed by atoms with Crippen molar-refractivity contribution in [3.05, 3.63) is 29.8 Å². The molecule has 1 N–H and O–H groups in total. The Morgan fingerprint density at radius 3 is 2.47 bits per heavy atom. The zero-order chi connectivity index (χ0) is 11.3. The Hall–Kier alpha value is -1.65. The molecule has 0 atom stereocenters. The molecule has 0 saturated carbocycles. The van der Waals surface area contributed by atoms with Crippen LogP contribution in [0.4, 0.5) is 14.5 Å². The first-order chi connectivity index (χ1) is 7.13. The number of alkyl halides is 2. The van der Waals surface area contributed by atoms with Gasteiger partial charge < -0.3 is 10.1 Å². The molecule has 0 unspecified atom stereocenters. The molecule has 1 aromatic carbocycles. The van der Waals surface area contributed by atoms with Gasteiger partial charge in [-0.15, -0.1) is 0 Å². The van der Waals surface area contributed by atoms with Crippen molar-refractivity contribution in [2.45, 2.75) is 6.43 Å². The van der Waals surface area contributed by atoms with Crippen LogP contribution >= 0.6 is 0 Å². The first-order valence-corrected chi connectivity index (χ1v) is 4.34.